The molecule has 34 heavy (non-hydrogen) atoms. The monoisotopic (exact) mass is 514 g/mol. The molecule has 0 atom stereocenters. The van der Waals surface area contributed by atoms with Crippen LogP contribution in [0.5, 0.6) is 0 Å². The van der Waals surface area contributed by atoms with Crippen molar-refractivity contribution in [3.8, 4) is 0 Å². The molecular weight excluding hydrogens is 492 g/mol. The molecular formula is C24H23ClN4O3S2. The van der Waals surface area contributed by atoms with Gasteiger partial charge >= 0.3 is 0 Å². The van der Waals surface area contributed by atoms with Gasteiger partial charge in [-0.15, -0.1) is 0 Å². The normalized spacial score (nSPS) is 11.8. The largest absolute Gasteiger partial charge is 0.320 e. The van der Waals surface area contributed by atoms with E-state index in [1.54, 1.807) is 61.0 Å². The maximum Gasteiger partial charge on any atom is 0.275 e. The van der Waals surface area contributed by atoms with Crippen molar-refractivity contribution in [3.63, 3.8) is 0 Å². The van der Waals surface area contributed by atoms with Gasteiger partial charge in [0.1, 0.15) is 11.3 Å². The van der Waals surface area contributed by atoms with Crippen molar-refractivity contribution in [3.05, 3.63) is 83.8 Å². The van der Waals surface area contributed by atoms with E-state index in [9.17, 15) is 13.2 Å². The highest BCUT2D eigenvalue weighted by atomic mass is 35.5. The Balaban J connectivity index is 1.72. The highest BCUT2D eigenvalue weighted by Crippen LogP contribution is 2.36. The molecule has 0 radical (unpaired) electrons. The minimum absolute atomic E-state index is 0.113. The SMILES string of the molecule is CCN(CC)S(=O)(=O)c1ccc(Sc2ccc(Cl)cc2)c(NC(=O)c2cn3ccccc3n2)c1. The zero-order valence-corrected chi connectivity index (χ0v) is 21.0. The number of carbonyl (C=O) groups excluding carboxylic acids is 1. The van der Waals surface area contributed by atoms with Crippen LogP contribution in [0.1, 0.15) is 24.3 Å². The van der Waals surface area contributed by atoms with Crippen LogP contribution in [0, 0.1) is 0 Å². The van der Waals surface area contributed by atoms with Crippen LogP contribution >= 0.6 is 23.4 Å². The summed E-state index contributed by atoms with van der Waals surface area (Å²) in [4.78, 5) is 19.1. The number of hydrogen-bond donors (Lipinski definition) is 1. The smallest absolute Gasteiger partial charge is 0.275 e. The van der Waals surface area contributed by atoms with Crippen LogP contribution in [0.4, 0.5) is 5.69 Å². The number of hydrogen-bond acceptors (Lipinski definition) is 5. The molecule has 0 saturated carbocycles. The van der Waals surface area contributed by atoms with E-state index in [0.29, 0.717) is 34.3 Å². The number of aromatic nitrogens is 2. The molecule has 0 aliphatic heterocycles. The fraction of sp³-hybridized carbons (Fsp3) is 0.167. The van der Waals surface area contributed by atoms with E-state index in [1.807, 2.05) is 24.3 Å². The third kappa shape index (κ3) is 5.12. The highest BCUT2D eigenvalue weighted by Gasteiger charge is 2.24. The quantitative estimate of drug-likeness (QED) is 0.339. The van der Waals surface area contributed by atoms with Gasteiger partial charge in [0.25, 0.3) is 5.91 Å². The van der Waals surface area contributed by atoms with E-state index in [4.69, 9.17) is 11.6 Å². The van der Waals surface area contributed by atoms with Gasteiger partial charge in [-0.25, -0.2) is 13.4 Å². The Kier molecular flexibility index (Phi) is 7.27. The molecule has 4 aromatic rings. The first-order valence-electron chi connectivity index (χ1n) is 10.6. The molecule has 2 aromatic heterocycles. The van der Waals surface area contributed by atoms with Crippen molar-refractivity contribution in [2.45, 2.75) is 28.5 Å². The van der Waals surface area contributed by atoms with E-state index >= 15 is 0 Å². The summed E-state index contributed by atoms with van der Waals surface area (Å²) in [6.07, 6.45) is 3.44. The van der Waals surface area contributed by atoms with E-state index in [0.717, 1.165) is 4.90 Å². The number of nitrogens with zero attached hydrogens (tertiary/aromatic N) is 3. The van der Waals surface area contributed by atoms with Crippen LogP contribution in [0.3, 0.4) is 0 Å². The van der Waals surface area contributed by atoms with Gasteiger partial charge < -0.3 is 9.72 Å². The van der Waals surface area contributed by atoms with E-state index in [-0.39, 0.29) is 10.6 Å². The van der Waals surface area contributed by atoms with Crippen molar-refractivity contribution >= 4 is 50.6 Å². The Morgan fingerprint density at radius 1 is 1.09 bits per heavy atom. The third-order valence-corrected chi connectivity index (χ3v) is 8.56. The Bertz CT molecular complexity index is 1400. The second-order valence-corrected chi connectivity index (χ2v) is 10.8. The third-order valence-electron chi connectivity index (χ3n) is 5.18. The van der Waals surface area contributed by atoms with Gasteiger partial charge in [-0.05, 0) is 54.6 Å². The first-order valence-corrected chi connectivity index (χ1v) is 13.3. The van der Waals surface area contributed by atoms with Crippen LogP contribution in [-0.2, 0) is 10.0 Å². The topological polar surface area (TPSA) is 83.8 Å². The van der Waals surface area contributed by atoms with Crippen LogP contribution in [0.2, 0.25) is 5.02 Å². The average molecular weight is 515 g/mol. The van der Waals surface area contributed by atoms with Crippen LogP contribution in [0.15, 0.2) is 87.7 Å². The van der Waals surface area contributed by atoms with E-state index in [1.165, 1.54) is 22.1 Å². The van der Waals surface area contributed by atoms with Gasteiger partial charge in [0.05, 0.1) is 10.6 Å². The van der Waals surface area contributed by atoms with Crippen molar-refractivity contribution < 1.29 is 13.2 Å². The molecule has 0 unspecified atom stereocenters. The molecule has 7 nitrogen and oxygen atoms in total. The summed E-state index contributed by atoms with van der Waals surface area (Å²) in [5.74, 6) is -0.431. The summed E-state index contributed by atoms with van der Waals surface area (Å²) in [6, 6.07) is 17.5. The molecule has 0 spiro atoms. The number of benzene rings is 2. The van der Waals surface area contributed by atoms with Crippen LogP contribution in [0.25, 0.3) is 5.65 Å². The van der Waals surface area contributed by atoms with E-state index in [2.05, 4.69) is 10.3 Å². The Morgan fingerprint density at radius 2 is 1.82 bits per heavy atom. The van der Waals surface area contributed by atoms with Gasteiger partial charge in [0.2, 0.25) is 10.0 Å². The predicted molar refractivity (Wildman–Crippen MR) is 135 cm³/mol. The number of rotatable bonds is 8. The molecule has 1 N–H and O–H groups in total. The molecule has 0 fully saturated rings. The number of amides is 1. The van der Waals surface area contributed by atoms with Crippen molar-refractivity contribution in [2.24, 2.45) is 0 Å². The molecule has 176 valence electrons. The minimum atomic E-state index is -3.70. The lowest BCUT2D eigenvalue weighted by Gasteiger charge is -2.20. The number of nitrogens with one attached hydrogen (secondary N) is 1. The van der Waals surface area contributed by atoms with Gasteiger partial charge in [0, 0.05) is 40.3 Å². The predicted octanol–water partition coefficient (Wildman–Crippen LogP) is 5.42. The average Bonchev–Trinajstić information content (AvgIpc) is 3.27. The Labute approximate surface area is 207 Å². The minimum Gasteiger partial charge on any atom is -0.320 e. The number of halogens is 1. The summed E-state index contributed by atoms with van der Waals surface area (Å²) in [6.45, 7) is 4.28. The molecule has 0 bridgehead atoms. The second kappa shape index (κ2) is 10.2. The van der Waals surface area contributed by atoms with Gasteiger partial charge in [0.15, 0.2) is 0 Å². The maximum absolute atomic E-state index is 13.1. The number of sulfonamides is 1. The lowest BCUT2D eigenvalue weighted by atomic mass is 10.3. The number of carbonyl (C=O) groups is 1. The molecule has 2 heterocycles. The zero-order chi connectivity index (χ0) is 24.3. The zero-order valence-electron chi connectivity index (χ0n) is 18.6. The summed E-state index contributed by atoms with van der Waals surface area (Å²) in [5.41, 5.74) is 1.25. The molecule has 0 aliphatic rings. The Hall–Kier alpha value is -2.85. The van der Waals surface area contributed by atoms with Gasteiger partial charge in [-0.3, -0.25) is 4.79 Å². The number of anilines is 1. The number of imidazole rings is 1. The highest BCUT2D eigenvalue weighted by molar-refractivity contribution is 7.99. The summed E-state index contributed by atoms with van der Waals surface area (Å²) >= 11 is 7.39. The van der Waals surface area contributed by atoms with Crippen molar-refractivity contribution in [1.82, 2.24) is 13.7 Å². The first-order chi connectivity index (χ1) is 16.3. The first kappa shape index (κ1) is 24.3. The second-order valence-electron chi connectivity index (χ2n) is 7.35. The van der Waals surface area contributed by atoms with Crippen molar-refractivity contribution in [2.75, 3.05) is 18.4 Å². The molecule has 0 saturated heterocycles. The molecule has 2 aromatic carbocycles. The molecule has 10 heteroatoms. The van der Waals surface area contributed by atoms with Crippen LogP contribution < -0.4 is 5.32 Å². The van der Waals surface area contributed by atoms with Crippen LogP contribution in [-0.4, -0.2) is 41.1 Å². The van der Waals surface area contributed by atoms with Gasteiger partial charge in [-0.2, -0.15) is 4.31 Å². The molecule has 1 amide bonds. The fourth-order valence-corrected chi connectivity index (χ4v) is 5.92. The standard InChI is InChI=1S/C24H23ClN4O3S2/c1-3-29(4-2)34(31,32)19-12-13-22(33-18-10-8-17(25)9-11-18)20(15-19)27-24(30)21-16-28-14-6-5-7-23(28)26-21/h5-16H,3-4H2,1-2H3,(H,27,30). The van der Waals surface area contributed by atoms with E-state index < -0.39 is 15.9 Å². The van der Waals surface area contributed by atoms with Gasteiger partial charge in [-0.1, -0.05) is 43.3 Å². The molecule has 0 aliphatic carbocycles. The number of pyridine rings is 1. The fourth-order valence-electron chi connectivity index (χ4n) is 3.43. The van der Waals surface area contributed by atoms with Crippen molar-refractivity contribution in [1.29, 1.82) is 0 Å². The summed E-state index contributed by atoms with van der Waals surface area (Å²) in [7, 11) is -3.70. The lowest BCUT2D eigenvalue weighted by Crippen LogP contribution is -2.30. The summed E-state index contributed by atoms with van der Waals surface area (Å²) < 4.78 is 29.3. The Morgan fingerprint density at radius 3 is 2.50 bits per heavy atom. The number of fused-ring (bicyclic) bond motifs is 1. The lowest BCUT2D eigenvalue weighted by molar-refractivity contribution is 0.102. The summed E-state index contributed by atoms with van der Waals surface area (Å²) in [5, 5.41) is 3.48. The maximum atomic E-state index is 13.1. The molecule has 4 rings (SSSR count).